The molecule has 2 heterocycles. The van der Waals surface area contributed by atoms with E-state index >= 15 is 0 Å². The summed E-state index contributed by atoms with van der Waals surface area (Å²) in [6.07, 6.45) is 1.03. The van der Waals surface area contributed by atoms with Gasteiger partial charge in [0.1, 0.15) is 0 Å². The number of benzene rings is 1. The summed E-state index contributed by atoms with van der Waals surface area (Å²) in [5.74, 6) is 0. The number of H-pyrrole nitrogens is 1. The standard InChI is InChI=1S/C26H41N5O2S/c1-5-29(6-2)12-13-31(26(34)27-10-7-11-30-14-16-33-17-15-30)19-22-18-23-20(3)8-9-21(4)24(23)28-25(22)32/h8-9,18H,5-7,10-17,19H2,1-4H3,(H,27,34)(H,28,32). The van der Waals surface area contributed by atoms with Gasteiger partial charge in [-0.15, -0.1) is 0 Å². The summed E-state index contributed by atoms with van der Waals surface area (Å²) >= 11 is 5.81. The summed E-state index contributed by atoms with van der Waals surface area (Å²) in [5, 5.41) is 5.27. The fourth-order valence-corrected chi connectivity index (χ4v) is 4.69. The van der Waals surface area contributed by atoms with Gasteiger partial charge >= 0.3 is 0 Å². The minimum absolute atomic E-state index is 0.0378. The lowest BCUT2D eigenvalue weighted by atomic mass is 10.0. The highest BCUT2D eigenvalue weighted by molar-refractivity contribution is 7.80. The normalized spacial score (nSPS) is 14.6. The smallest absolute Gasteiger partial charge is 0.253 e. The van der Waals surface area contributed by atoms with Gasteiger partial charge in [0.25, 0.3) is 5.56 Å². The van der Waals surface area contributed by atoms with Crippen molar-refractivity contribution in [2.24, 2.45) is 0 Å². The third-order valence-corrected chi connectivity index (χ3v) is 7.18. The predicted molar refractivity (Wildman–Crippen MR) is 145 cm³/mol. The molecule has 1 saturated heterocycles. The first kappa shape index (κ1) is 26.6. The lowest BCUT2D eigenvalue weighted by molar-refractivity contribution is 0.0376. The molecule has 7 nitrogen and oxygen atoms in total. The van der Waals surface area contributed by atoms with Gasteiger partial charge in [-0.05, 0) is 69.3 Å². The second-order valence-corrected chi connectivity index (χ2v) is 9.49. The van der Waals surface area contributed by atoms with Crippen molar-refractivity contribution in [2.45, 2.75) is 40.7 Å². The third kappa shape index (κ3) is 7.25. The molecule has 2 aromatic rings. The Morgan fingerprint density at radius 3 is 2.56 bits per heavy atom. The second-order valence-electron chi connectivity index (χ2n) is 9.10. The first-order chi connectivity index (χ1) is 16.4. The Balaban J connectivity index is 1.69. The van der Waals surface area contributed by atoms with Crippen molar-refractivity contribution in [3.05, 3.63) is 45.2 Å². The number of rotatable bonds is 11. The van der Waals surface area contributed by atoms with Crippen molar-refractivity contribution >= 4 is 28.2 Å². The molecular formula is C26H41N5O2S. The molecule has 1 aliphatic heterocycles. The molecule has 0 spiro atoms. The first-order valence-electron chi connectivity index (χ1n) is 12.6. The number of morpholine rings is 1. The van der Waals surface area contributed by atoms with Crippen LogP contribution in [0.25, 0.3) is 10.9 Å². The van der Waals surface area contributed by atoms with E-state index in [9.17, 15) is 4.79 Å². The summed E-state index contributed by atoms with van der Waals surface area (Å²) in [5.41, 5.74) is 3.88. The van der Waals surface area contributed by atoms with Crippen LogP contribution in [0.5, 0.6) is 0 Å². The van der Waals surface area contributed by atoms with Crippen LogP contribution < -0.4 is 10.9 Å². The number of aryl methyl sites for hydroxylation is 2. The number of hydrogen-bond acceptors (Lipinski definition) is 5. The van der Waals surface area contributed by atoms with E-state index in [4.69, 9.17) is 17.0 Å². The monoisotopic (exact) mass is 487 g/mol. The van der Waals surface area contributed by atoms with Gasteiger partial charge in [-0.25, -0.2) is 0 Å². The number of hydrogen-bond donors (Lipinski definition) is 2. The lowest BCUT2D eigenvalue weighted by Crippen LogP contribution is -2.45. The largest absolute Gasteiger partial charge is 0.379 e. The molecule has 2 N–H and O–H groups in total. The van der Waals surface area contributed by atoms with Gasteiger partial charge in [0, 0.05) is 43.7 Å². The van der Waals surface area contributed by atoms with E-state index in [1.807, 2.05) is 13.0 Å². The van der Waals surface area contributed by atoms with E-state index in [-0.39, 0.29) is 5.56 Å². The molecule has 0 radical (unpaired) electrons. The molecule has 0 amide bonds. The van der Waals surface area contributed by atoms with E-state index in [1.165, 1.54) is 0 Å². The van der Waals surface area contributed by atoms with Crippen LogP contribution in [-0.2, 0) is 11.3 Å². The minimum atomic E-state index is -0.0378. The fraction of sp³-hybridized carbons (Fsp3) is 0.615. The molecular weight excluding hydrogens is 446 g/mol. The molecule has 188 valence electrons. The molecule has 1 fully saturated rings. The van der Waals surface area contributed by atoms with Crippen molar-refractivity contribution < 1.29 is 4.74 Å². The van der Waals surface area contributed by atoms with Gasteiger partial charge in [-0.3, -0.25) is 9.69 Å². The van der Waals surface area contributed by atoms with Crippen molar-refractivity contribution in [1.82, 2.24) is 25.0 Å². The quantitative estimate of drug-likeness (QED) is 0.373. The van der Waals surface area contributed by atoms with Crippen LogP contribution in [0.15, 0.2) is 23.0 Å². The van der Waals surface area contributed by atoms with Crippen LogP contribution in [0.1, 0.15) is 37.0 Å². The predicted octanol–water partition coefficient (Wildman–Crippen LogP) is 2.89. The maximum atomic E-state index is 13.0. The average Bonchev–Trinajstić information content (AvgIpc) is 2.85. The number of thiocarbonyl (C=S) groups is 1. The third-order valence-electron chi connectivity index (χ3n) is 6.78. The topological polar surface area (TPSA) is 63.8 Å². The van der Waals surface area contributed by atoms with Crippen LogP contribution >= 0.6 is 12.2 Å². The molecule has 3 rings (SSSR count). The minimum Gasteiger partial charge on any atom is -0.379 e. The Hall–Kier alpha value is -2.00. The highest BCUT2D eigenvalue weighted by Crippen LogP contribution is 2.20. The number of aromatic amines is 1. The number of nitrogens with zero attached hydrogens (tertiary/aromatic N) is 3. The van der Waals surface area contributed by atoms with Crippen LogP contribution in [-0.4, -0.2) is 90.4 Å². The summed E-state index contributed by atoms with van der Waals surface area (Å²) in [7, 11) is 0. The highest BCUT2D eigenvalue weighted by Gasteiger charge is 2.16. The number of likely N-dealkylation sites (N-methyl/N-ethyl adjacent to an activating group) is 1. The van der Waals surface area contributed by atoms with Crippen LogP contribution in [0, 0.1) is 13.8 Å². The Morgan fingerprint density at radius 2 is 1.85 bits per heavy atom. The van der Waals surface area contributed by atoms with Gasteiger partial charge in [0.05, 0.1) is 25.3 Å². The van der Waals surface area contributed by atoms with E-state index in [0.717, 1.165) is 105 Å². The van der Waals surface area contributed by atoms with Crippen molar-refractivity contribution in [3.63, 3.8) is 0 Å². The molecule has 1 aromatic heterocycles. The van der Waals surface area contributed by atoms with Gasteiger partial charge < -0.3 is 24.8 Å². The van der Waals surface area contributed by atoms with E-state index in [2.05, 4.69) is 57.9 Å². The zero-order valence-electron chi connectivity index (χ0n) is 21.3. The number of ether oxygens (including phenoxy) is 1. The molecule has 0 bridgehead atoms. The lowest BCUT2D eigenvalue weighted by Gasteiger charge is -2.29. The Labute approximate surface area is 209 Å². The molecule has 8 heteroatoms. The summed E-state index contributed by atoms with van der Waals surface area (Å²) < 4.78 is 5.43. The summed E-state index contributed by atoms with van der Waals surface area (Å²) in [6, 6.07) is 6.21. The Bertz CT molecular complexity index is 999. The average molecular weight is 488 g/mol. The molecule has 1 aromatic carbocycles. The van der Waals surface area contributed by atoms with Gasteiger partial charge in [-0.2, -0.15) is 0 Å². The van der Waals surface area contributed by atoms with Crippen LogP contribution in [0.3, 0.4) is 0 Å². The maximum absolute atomic E-state index is 13.0. The van der Waals surface area contributed by atoms with Crippen LogP contribution in [0.2, 0.25) is 0 Å². The van der Waals surface area contributed by atoms with Crippen molar-refractivity contribution in [1.29, 1.82) is 0 Å². The van der Waals surface area contributed by atoms with Crippen LogP contribution in [0.4, 0.5) is 0 Å². The number of pyridine rings is 1. The number of fused-ring (bicyclic) bond motifs is 1. The van der Waals surface area contributed by atoms with Crippen molar-refractivity contribution in [2.75, 3.05) is 65.6 Å². The molecule has 0 atom stereocenters. The SMILES string of the molecule is CCN(CC)CCN(Cc1cc2c(C)ccc(C)c2[nH]c1=O)C(=S)NCCCN1CCOCC1. The maximum Gasteiger partial charge on any atom is 0.253 e. The molecule has 34 heavy (non-hydrogen) atoms. The molecule has 0 saturated carbocycles. The van der Waals surface area contributed by atoms with Gasteiger partial charge in [-0.1, -0.05) is 26.0 Å². The van der Waals surface area contributed by atoms with E-state index < -0.39 is 0 Å². The first-order valence-corrected chi connectivity index (χ1v) is 13.0. The number of nitrogens with one attached hydrogen (secondary N) is 2. The van der Waals surface area contributed by atoms with Gasteiger partial charge in [0.15, 0.2) is 5.11 Å². The Morgan fingerprint density at radius 1 is 1.15 bits per heavy atom. The zero-order valence-corrected chi connectivity index (χ0v) is 22.1. The summed E-state index contributed by atoms with van der Waals surface area (Å²) in [4.78, 5) is 23.0. The van der Waals surface area contributed by atoms with E-state index in [1.54, 1.807) is 0 Å². The van der Waals surface area contributed by atoms with Gasteiger partial charge in [0.2, 0.25) is 0 Å². The highest BCUT2D eigenvalue weighted by atomic mass is 32.1. The second kappa shape index (κ2) is 13.2. The zero-order chi connectivity index (χ0) is 24.5. The summed E-state index contributed by atoms with van der Waals surface area (Å²) in [6.45, 7) is 18.2. The molecule has 1 aliphatic rings. The Kier molecular flexibility index (Phi) is 10.3. The molecule has 0 aliphatic carbocycles. The molecule has 0 unspecified atom stereocenters. The number of aromatic nitrogens is 1. The van der Waals surface area contributed by atoms with E-state index in [0.29, 0.717) is 6.54 Å². The van der Waals surface area contributed by atoms with Crippen molar-refractivity contribution in [3.8, 4) is 0 Å². The fourth-order valence-electron chi connectivity index (χ4n) is 4.43.